The van der Waals surface area contributed by atoms with Crippen molar-refractivity contribution in [1.29, 1.82) is 0 Å². The number of nitrogens with two attached hydrogens (primary N) is 1. The highest BCUT2D eigenvalue weighted by atomic mass is 16.5. The molecule has 6 rings (SSSR count). The molecule has 11 heteroatoms. The molecule has 1 aliphatic rings. The first-order valence-corrected chi connectivity index (χ1v) is 14.1. The maximum Gasteiger partial charge on any atom is 0.284 e. The second-order valence-electron chi connectivity index (χ2n) is 10.3. The van der Waals surface area contributed by atoms with E-state index in [0.717, 1.165) is 35.6 Å². The Morgan fingerprint density at radius 3 is 2.56 bits per heavy atom. The quantitative estimate of drug-likeness (QED) is 0.255. The van der Waals surface area contributed by atoms with Crippen molar-refractivity contribution < 1.29 is 9.53 Å². The number of hydrogen-bond donors (Lipinski definition) is 3. The smallest absolute Gasteiger partial charge is 0.284 e. The summed E-state index contributed by atoms with van der Waals surface area (Å²) in [5.41, 5.74) is 11.2. The van der Waals surface area contributed by atoms with Gasteiger partial charge in [-0.3, -0.25) is 14.7 Å². The number of aromatic nitrogens is 5. The maximum atomic E-state index is 12.9. The Kier molecular flexibility index (Phi) is 7.96. The molecule has 0 aliphatic carbocycles. The molecule has 0 radical (unpaired) electrons. The Balaban J connectivity index is 1.12. The number of carbonyl (C=O) groups is 1. The molecule has 4 heterocycles. The Morgan fingerprint density at radius 1 is 1.02 bits per heavy atom. The average molecular weight is 577 g/mol. The number of amides is 1. The number of nitrogen functional groups attached to an aromatic ring is 1. The van der Waals surface area contributed by atoms with Crippen molar-refractivity contribution in [2.75, 3.05) is 43.5 Å². The van der Waals surface area contributed by atoms with Crippen LogP contribution in [0, 0.1) is 6.92 Å². The van der Waals surface area contributed by atoms with Crippen LogP contribution in [0.2, 0.25) is 0 Å². The predicted octanol–water partition coefficient (Wildman–Crippen LogP) is 3.38. The number of aromatic amines is 1. The second kappa shape index (κ2) is 12.3. The van der Waals surface area contributed by atoms with Gasteiger partial charge in [-0.15, -0.1) is 0 Å². The van der Waals surface area contributed by atoms with Gasteiger partial charge in [-0.05, 0) is 43.2 Å². The molecule has 0 saturated carbocycles. The van der Waals surface area contributed by atoms with E-state index < -0.39 is 5.91 Å². The summed E-state index contributed by atoms with van der Waals surface area (Å²) in [7, 11) is 0. The second-order valence-corrected chi connectivity index (χ2v) is 10.3. The monoisotopic (exact) mass is 576 g/mol. The summed E-state index contributed by atoms with van der Waals surface area (Å²) in [5, 5.41) is 5.86. The van der Waals surface area contributed by atoms with Crippen molar-refractivity contribution in [1.82, 2.24) is 30.0 Å². The Hall–Kier alpha value is -5.29. The minimum absolute atomic E-state index is 0.111. The van der Waals surface area contributed by atoms with Crippen LogP contribution in [0.3, 0.4) is 0 Å². The average Bonchev–Trinajstić information content (AvgIpc) is 3.36. The summed E-state index contributed by atoms with van der Waals surface area (Å²) < 4.78 is 6.84. The van der Waals surface area contributed by atoms with Crippen molar-refractivity contribution in [3.63, 3.8) is 0 Å². The molecule has 3 aromatic heterocycles. The van der Waals surface area contributed by atoms with Crippen molar-refractivity contribution in [2.24, 2.45) is 0 Å². The molecule has 218 valence electrons. The van der Waals surface area contributed by atoms with Crippen LogP contribution >= 0.6 is 0 Å². The van der Waals surface area contributed by atoms with Gasteiger partial charge in [-0.25, -0.2) is 19.6 Å². The molecule has 11 nitrogen and oxygen atoms in total. The van der Waals surface area contributed by atoms with Gasteiger partial charge in [0, 0.05) is 42.7 Å². The van der Waals surface area contributed by atoms with Gasteiger partial charge in [-0.1, -0.05) is 42.5 Å². The highest BCUT2D eigenvalue weighted by molar-refractivity contribution is 5.95. The molecule has 4 N–H and O–H groups in total. The highest BCUT2D eigenvalue weighted by Gasteiger charge is 2.19. The van der Waals surface area contributed by atoms with Gasteiger partial charge in [0.25, 0.3) is 11.5 Å². The van der Waals surface area contributed by atoms with E-state index in [9.17, 15) is 9.59 Å². The SMILES string of the molecule is Cc1[nH]n(-c2ccccc2)c(=O)c1C(=O)NCCc1ccc(-c2nc(-c3ccnc(N4CCOCC4)c3)cnc2N)cc1. The summed E-state index contributed by atoms with van der Waals surface area (Å²) in [6, 6.07) is 20.9. The molecule has 1 fully saturated rings. The van der Waals surface area contributed by atoms with E-state index in [4.69, 9.17) is 15.5 Å². The first-order valence-electron chi connectivity index (χ1n) is 14.1. The zero-order valence-corrected chi connectivity index (χ0v) is 23.8. The number of nitrogens with zero attached hydrogens (tertiary/aromatic N) is 5. The number of para-hydroxylation sites is 1. The van der Waals surface area contributed by atoms with Crippen LogP contribution in [0.15, 0.2) is 83.9 Å². The highest BCUT2D eigenvalue weighted by Crippen LogP contribution is 2.28. The number of ether oxygens (including phenoxy) is 1. The zero-order chi connectivity index (χ0) is 29.8. The van der Waals surface area contributed by atoms with E-state index in [2.05, 4.69) is 25.3 Å². The van der Waals surface area contributed by atoms with Crippen molar-refractivity contribution in [2.45, 2.75) is 13.3 Å². The lowest BCUT2D eigenvalue weighted by atomic mass is 10.1. The van der Waals surface area contributed by atoms with Crippen LogP contribution in [0.1, 0.15) is 21.6 Å². The molecule has 43 heavy (non-hydrogen) atoms. The normalized spacial score (nSPS) is 13.2. The van der Waals surface area contributed by atoms with Gasteiger partial charge in [0.1, 0.15) is 22.9 Å². The molecular formula is C32H32N8O3. The number of nitrogens with one attached hydrogen (secondary N) is 2. The molecule has 0 bridgehead atoms. The van der Waals surface area contributed by atoms with Gasteiger partial charge in [0.2, 0.25) is 0 Å². The van der Waals surface area contributed by atoms with Crippen LogP contribution in [0.5, 0.6) is 0 Å². The fraction of sp³-hybridized carbons (Fsp3) is 0.219. The van der Waals surface area contributed by atoms with E-state index in [0.29, 0.717) is 54.8 Å². The van der Waals surface area contributed by atoms with E-state index in [-0.39, 0.29) is 11.1 Å². The third-order valence-corrected chi connectivity index (χ3v) is 7.42. The summed E-state index contributed by atoms with van der Waals surface area (Å²) in [6.07, 6.45) is 4.04. The summed E-state index contributed by atoms with van der Waals surface area (Å²) in [6.45, 7) is 5.05. The Bertz CT molecular complexity index is 1790. The number of H-pyrrole nitrogens is 1. The van der Waals surface area contributed by atoms with Crippen LogP contribution in [0.25, 0.3) is 28.2 Å². The lowest BCUT2D eigenvalue weighted by Crippen LogP contribution is -2.36. The summed E-state index contributed by atoms with van der Waals surface area (Å²) >= 11 is 0. The van der Waals surface area contributed by atoms with Gasteiger partial charge in [-0.2, -0.15) is 0 Å². The topological polar surface area (TPSA) is 144 Å². The van der Waals surface area contributed by atoms with Crippen molar-refractivity contribution in [3.8, 4) is 28.2 Å². The molecular weight excluding hydrogens is 544 g/mol. The van der Waals surface area contributed by atoms with Crippen molar-refractivity contribution in [3.05, 3.63) is 106 Å². The maximum absolute atomic E-state index is 12.9. The minimum atomic E-state index is -0.405. The Labute approximate surface area is 248 Å². The standard InChI is InChI=1S/C32H32N8O3/c1-21-28(32(42)40(38-21)25-5-3-2-4-6-25)31(41)35-13-11-22-7-9-23(10-8-22)29-30(33)36-20-26(37-29)24-12-14-34-27(19-24)39-15-17-43-18-16-39/h2-10,12,14,19-20,38H,11,13,15-18H2,1H3,(H2,33,36)(H,35,41). The number of hydrogen-bond acceptors (Lipinski definition) is 8. The van der Waals surface area contributed by atoms with E-state index in [1.165, 1.54) is 4.68 Å². The Morgan fingerprint density at radius 2 is 1.79 bits per heavy atom. The first-order chi connectivity index (χ1) is 21.0. The zero-order valence-electron chi connectivity index (χ0n) is 23.8. The third kappa shape index (κ3) is 6.02. The number of anilines is 2. The summed E-state index contributed by atoms with van der Waals surface area (Å²) in [5.74, 6) is 0.818. The number of benzene rings is 2. The number of carbonyl (C=O) groups excluding carboxylic acids is 1. The molecule has 5 aromatic rings. The van der Waals surface area contributed by atoms with Gasteiger partial charge < -0.3 is 20.7 Å². The number of morpholine rings is 1. The van der Waals surface area contributed by atoms with Crippen molar-refractivity contribution >= 4 is 17.5 Å². The molecule has 1 amide bonds. The summed E-state index contributed by atoms with van der Waals surface area (Å²) in [4.78, 5) is 41.7. The van der Waals surface area contributed by atoms with Crippen LogP contribution in [-0.4, -0.2) is 63.5 Å². The molecule has 1 saturated heterocycles. The van der Waals surface area contributed by atoms with E-state index in [1.54, 1.807) is 31.5 Å². The lowest BCUT2D eigenvalue weighted by Gasteiger charge is -2.28. The number of rotatable bonds is 8. The molecule has 0 spiro atoms. The number of aryl methyl sites for hydroxylation is 1. The van der Waals surface area contributed by atoms with E-state index >= 15 is 0 Å². The minimum Gasteiger partial charge on any atom is -0.382 e. The number of pyridine rings is 1. The van der Waals surface area contributed by atoms with Crippen LogP contribution in [0.4, 0.5) is 11.6 Å². The predicted molar refractivity (Wildman–Crippen MR) is 165 cm³/mol. The van der Waals surface area contributed by atoms with Crippen LogP contribution < -0.4 is 21.5 Å². The van der Waals surface area contributed by atoms with Gasteiger partial charge in [0.15, 0.2) is 0 Å². The van der Waals surface area contributed by atoms with E-state index in [1.807, 2.05) is 54.6 Å². The molecule has 0 unspecified atom stereocenters. The molecule has 2 aromatic carbocycles. The fourth-order valence-corrected chi connectivity index (χ4v) is 5.10. The van der Waals surface area contributed by atoms with Gasteiger partial charge >= 0.3 is 0 Å². The fourth-order valence-electron chi connectivity index (χ4n) is 5.10. The first kappa shape index (κ1) is 27.9. The molecule has 1 aliphatic heterocycles. The lowest BCUT2D eigenvalue weighted by molar-refractivity contribution is 0.0952. The van der Waals surface area contributed by atoms with Gasteiger partial charge in [0.05, 0.1) is 30.8 Å². The van der Waals surface area contributed by atoms with Crippen LogP contribution in [-0.2, 0) is 11.2 Å². The largest absolute Gasteiger partial charge is 0.382 e. The third-order valence-electron chi connectivity index (χ3n) is 7.42. The molecule has 0 atom stereocenters.